The van der Waals surface area contributed by atoms with E-state index in [-0.39, 0.29) is 11.9 Å². The summed E-state index contributed by atoms with van der Waals surface area (Å²) in [6, 6.07) is 6.95. The van der Waals surface area contributed by atoms with Crippen molar-refractivity contribution in [3.63, 3.8) is 0 Å². The van der Waals surface area contributed by atoms with Gasteiger partial charge in [0, 0.05) is 24.8 Å². The highest BCUT2D eigenvalue weighted by molar-refractivity contribution is 5.34. The number of aromatic nitrogens is 2. The van der Waals surface area contributed by atoms with Crippen molar-refractivity contribution in [3.05, 3.63) is 52.4 Å². The Balaban J connectivity index is 1.61. The first-order valence-electron chi connectivity index (χ1n) is 9.14. The van der Waals surface area contributed by atoms with Gasteiger partial charge in [-0.15, -0.1) is 0 Å². The largest absolute Gasteiger partial charge is 0.334 e. The molecule has 4 nitrogen and oxygen atoms in total. The maximum Gasteiger partial charge on any atom is 0.127 e. The number of nitriles is 1. The van der Waals surface area contributed by atoms with Gasteiger partial charge >= 0.3 is 0 Å². The summed E-state index contributed by atoms with van der Waals surface area (Å²) in [7, 11) is 2.12. The SMILES string of the molecule is Cn1c(C2CCCN2Cc2cc(C#N)ccc2F)nc2c1CCCC2. The fourth-order valence-electron chi connectivity index (χ4n) is 4.30. The highest BCUT2D eigenvalue weighted by Crippen LogP contribution is 2.35. The first kappa shape index (κ1) is 16.3. The predicted molar refractivity (Wildman–Crippen MR) is 93.4 cm³/mol. The lowest BCUT2D eigenvalue weighted by Gasteiger charge is -2.24. The first-order chi connectivity index (χ1) is 12.2. The molecule has 0 N–H and O–H groups in total. The maximum absolute atomic E-state index is 14.2. The molecule has 1 aromatic heterocycles. The molecule has 0 spiro atoms. The van der Waals surface area contributed by atoms with Crippen LogP contribution in [0, 0.1) is 17.1 Å². The molecule has 130 valence electrons. The van der Waals surface area contributed by atoms with Crippen LogP contribution in [0.5, 0.6) is 0 Å². The Morgan fingerprint density at radius 3 is 2.92 bits per heavy atom. The number of nitrogens with zero attached hydrogens (tertiary/aromatic N) is 4. The summed E-state index contributed by atoms with van der Waals surface area (Å²) in [6.07, 6.45) is 6.82. The molecule has 1 aliphatic carbocycles. The van der Waals surface area contributed by atoms with Crippen molar-refractivity contribution in [1.29, 1.82) is 5.26 Å². The molecule has 0 amide bonds. The number of benzene rings is 1. The topological polar surface area (TPSA) is 44.9 Å². The molecule has 1 atom stereocenters. The molecule has 2 aromatic rings. The molecular formula is C20H23FN4. The van der Waals surface area contributed by atoms with Gasteiger partial charge in [-0.3, -0.25) is 4.90 Å². The van der Waals surface area contributed by atoms with Crippen molar-refractivity contribution < 1.29 is 4.39 Å². The average Bonchev–Trinajstić information content (AvgIpc) is 3.21. The highest BCUT2D eigenvalue weighted by atomic mass is 19.1. The monoisotopic (exact) mass is 338 g/mol. The van der Waals surface area contributed by atoms with E-state index in [0.29, 0.717) is 17.7 Å². The van der Waals surface area contributed by atoms with Gasteiger partial charge in [-0.1, -0.05) is 0 Å². The van der Waals surface area contributed by atoms with Crippen LogP contribution in [0.15, 0.2) is 18.2 Å². The van der Waals surface area contributed by atoms with E-state index in [0.717, 1.165) is 38.1 Å². The van der Waals surface area contributed by atoms with E-state index in [1.54, 1.807) is 6.07 Å². The molecule has 1 unspecified atom stereocenters. The van der Waals surface area contributed by atoms with Gasteiger partial charge in [-0.25, -0.2) is 9.37 Å². The second-order valence-electron chi connectivity index (χ2n) is 7.18. The first-order valence-corrected chi connectivity index (χ1v) is 9.14. The normalized spacial score (nSPS) is 20.4. The lowest BCUT2D eigenvalue weighted by molar-refractivity contribution is 0.233. The summed E-state index contributed by atoms with van der Waals surface area (Å²) < 4.78 is 16.5. The second kappa shape index (κ2) is 6.61. The Bertz CT molecular complexity index is 833. The number of likely N-dealkylation sites (tertiary alicyclic amines) is 1. The van der Waals surface area contributed by atoms with E-state index < -0.39 is 0 Å². The Morgan fingerprint density at radius 2 is 2.12 bits per heavy atom. The highest BCUT2D eigenvalue weighted by Gasteiger charge is 2.31. The molecule has 2 heterocycles. The smallest absolute Gasteiger partial charge is 0.127 e. The standard InChI is InChI=1S/C20H23FN4/c1-24-18-6-3-2-5-17(18)23-20(24)19-7-4-10-25(19)13-15-11-14(12-22)8-9-16(15)21/h8-9,11,19H,2-7,10,13H2,1H3. The minimum atomic E-state index is -0.233. The third-order valence-electron chi connectivity index (χ3n) is 5.62. The van der Waals surface area contributed by atoms with E-state index in [4.69, 9.17) is 10.2 Å². The van der Waals surface area contributed by atoms with Crippen molar-refractivity contribution in [3.8, 4) is 6.07 Å². The molecule has 1 aromatic carbocycles. The van der Waals surface area contributed by atoms with Crippen molar-refractivity contribution in [2.24, 2.45) is 7.05 Å². The number of fused-ring (bicyclic) bond motifs is 1. The van der Waals surface area contributed by atoms with Crippen LogP contribution >= 0.6 is 0 Å². The Labute approximate surface area is 147 Å². The van der Waals surface area contributed by atoms with Crippen LogP contribution in [0.3, 0.4) is 0 Å². The average molecular weight is 338 g/mol. The van der Waals surface area contributed by atoms with E-state index in [1.807, 2.05) is 0 Å². The van der Waals surface area contributed by atoms with Crippen LogP contribution in [-0.4, -0.2) is 21.0 Å². The van der Waals surface area contributed by atoms with Crippen LogP contribution < -0.4 is 0 Å². The molecule has 1 aliphatic heterocycles. The lowest BCUT2D eigenvalue weighted by atomic mass is 10.0. The molecule has 4 rings (SSSR count). The zero-order chi connectivity index (χ0) is 17.4. The Hall–Kier alpha value is -2.19. The van der Waals surface area contributed by atoms with Crippen molar-refractivity contribution >= 4 is 0 Å². The van der Waals surface area contributed by atoms with Crippen molar-refractivity contribution in [2.75, 3.05) is 6.54 Å². The summed E-state index contributed by atoms with van der Waals surface area (Å²) >= 11 is 0. The van der Waals surface area contributed by atoms with Gasteiger partial charge in [-0.2, -0.15) is 5.26 Å². The molecule has 25 heavy (non-hydrogen) atoms. The minimum Gasteiger partial charge on any atom is -0.334 e. The zero-order valence-corrected chi connectivity index (χ0v) is 14.6. The third-order valence-corrected chi connectivity index (χ3v) is 5.62. The molecule has 0 bridgehead atoms. The predicted octanol–water partition coefficient (Wildman–Crippen LogP) is 3.65. The lowest BCUT2D eigenvalue weighted by Crippen LogP contribution is -2.25. The van der Waals surface area contributed by atoms with Gasteiger partial charge in [0.2, 0.25) is 0 Å². The maximum atomic E-state index is 14.2. The Kier molecular flexibility index (Phi) is 4.30. The van der Waals surface area contributed by atoms with Crippen LogP contribution in [0.1, 0.15) is 60.1 Å². The van der Waals surface area contributed by atoms with E-state index in [9.17, 15) is 4.39 Å². The van der Waals surface area contributed by atoms with E-state index in [2.05, 4.69) is 22.6 Å². The van der Waals surface area contributed by atoms with Gasteiger partial charge in [-0.05, 0) is 63.3 Å². The van der Waals surface area contributed by atoms with Gasteiger partial charge in [0.15, 0.2) is 0 Å². The number of imidazole rings is 1. The molecule has 2 aliphatic rings. The molecule has 0 saturated carbocycles. The van der Waals surface area contributed by atoms with Crippen LogP contribution in [-0.2, 0) is 26.4 Å². The van der Waals surface area contributed by atoms with Crippen molar-refractivity contribution in [1.82, 2.24) is 14.5 Å². The van der Waals surface area contributed by atoms with E-state index >= 15 is 0 Å². The van der Waals surface area contributed by atoms with Gasteiger partial charge in [0.05, 0.1) is 23.4 Å². The molecular weight excluding hydrogens is 315 g/mol. The number of halogens is 1. The minimum absolute atomic E-state index is 0.233. The summed E-state index contributed by atoms with van der Waals surface area (Å²) in [5.41, 5.74) is 3.75. The van der Waals surface area contributed by atoms with Gasteiger partial charge < -0.3 is 4.57 Å². The summed E-state index contributed by atoms with van der Waals surface area (Å²) in [5, 5.41) is 9.07. The number of rotatable bonds is 3. The van der Waals surface area contributed by atoms with Crippen LogP contribution in [0.4, 0.5) is 4.39 Å². The van der Waals surface area contributed by atoms with Crippen LogP contribution in [0.2, 0.25) is 0 Å². The van der Waals surface area contributed by atoms with Gasteiger partial charge in [0.1, 0.15) is 11.6 Å². The Morgan fingerprint density at radius 1 is 1.28 bits per heavy atom. The van der Waals surface area contributed by atoms with Crippen LogP contribution in [0.25, 0.3) is 0 Å². The van der Waals surface area contributed by atoms with Gasteiger partial charge in [0.25, 0.3) is 0 Å². The fourth-order valence-corrected chi connectivity index (χ4v) is 4.30. The number of aryl methyl sites for hydroxylation is 1. The van der Waals surface area contributed by atoms with E-state index in [1.165, 1.54) is 36.4 Å². The summed E-state index contributed by atoms with van der Waals surface area (Å²) in [5.74, 6) is 0.894. The van der Waals surface area contributed by atoms with Crippen molar-refractivity contribution in [2.45, 2.75) is 51.1 Å². The third kappa shape index (κ3) is 2.96. The number of hydrogen-bond donors (Lipinski definition) is 0. The number of hydrogen-bond acceptors (Lipinski definition) is 3. The summed E-state index contributed by atoms with van der Waals surface area (Å²) in [4.78, 5) is 7.27. The second-order valence-corrected chi connectivity index (χ2v) is 7.18. The fraction of sp³-hybridized carbons (Fsp3) is 0.500. The molecule has 1 fully saturated rings. The quantitative estimate of drug-likeness (QED) is 0.858. The molecule has 1 saturated heterocycles. The molecule has 0 radical (unpaired) electrons. The zero-order valence-electron chi connectivity index (χ0n) is 14.6. The molecule has 5 heteroatoms. The summed E-state index contributed by atoms with van der Waals surface area (Å²) in [6.45, 7) is 1.47.